The first kappa shape index (κ1) is 16.7. The van der Waals surface area contributed by atoms with Crippen molar-refractivity contribution in [2.45, 2.75) is 13.3 Å². The van der Waals surface area contributed by atoms with E-state index in [0.717, 1.165) is 34.2 Å². The summed E-state index contributed by atoms with van der Waals surface area (Å²) in [5.74, 6) is -0.171. The summed E-state index contributed by atoms with van der Waals surface area (Å²) in [7, 11) is 0. The van der Waals surface area contributed by atoms with Gasteiger partial charge in [-0.2, -0.15) is 5.10 Å². The third-order valence-electron chi connectivity index (χ3n) is 3.99. The second-order valence-corrected chi connectivity index (χ2v) is 5.69. The maximum atomic E-state index is 12.1. The molecular weight excluding hydrogens is 310 g/mol. The predicted molar refractivity (Wildman–Crippen MR) is 104 cm³/mol. The second kappa shape index (κ2) is 8.11. The summed E-state index contributed by atoms with van der Waals surface area (Å²) in [5.41, 5.74) is 5.46. The molecule has 0 aliphatic carbocycles. The van der Waals surface area contributed by atoms with Crippen LogP contribution < -0.4 is 10.7 Å². The number of carbonyl (C=O) groups is 1. The van der Waals surface area contributed by atoms with Crippen molar-refractivity contribution in [1.29, 1.82) is 0 Å². The van der Waals surface area contributed by atoms with E-state index in [2.05, 4.69) is 28.0 Å². The number of nitrogens with zero attached hydrogens (tertiary/aromatic N) is 1. The average Bonchev–Trinajstić information content (AvgIpc) is 2.67. The molecule has 126 valence electrons. The number of fused-ring (bicyclic) bond motifs is 1. The molecule has 4 nitrogen and oxygen atoms in total. The lowest BCUT2D eigenvalue weighted by Gasteiger charge is -2.09. The van der Waals surface area contributed by atoms with Crippen molar-refractivity contribution in [3.8, 4) is 0 Å². The van der Waals surface area contributed by atoms with Crippen LogP contribution in [0.15, 0.2) is 77.9 Å². The lowest BCUT2D eigenvalue weighted by atomic mass is 10.1. The summed E-state index contributed by atoms with van der Waals surface area (Å²) in [6.45, 7) is 2.19. The molecule has 0 atom stereocenters. The molecule has 2 N–H and O–H groups in total. The van der Waals surface area contributed by atoms with Crippen molar-refractivity contribution < 1.29 is 4.79 Å². The fraction of sp³-hybridized carbons (Fsp3) is 0.143. The Hall–Kier alpha value is -3.14. The first-order valence-corrected chi connectivity index (χ1v) is 8.40. The van der Waals surface area contributed by atoms with Crippen LogP contribution in [0.1, 0.15) is 18.9 Å². The zero-order valence-corrected chi connectivity index (χ0v) is 14.2. The molecule has 0 heterocycles. The van der Waals surface area contributed by atoms with E-state index >= 15 is 0 Å². The van der Waals surface area contributed by atoms with Gasteiger partial charge in [0.2, 0.25) is 0 Å². The lowest BCUT2D eigenvalue weighted by molar-refractivity contribution is -0.119. The molecule has 0 saturated carbocycles. The van der Waals surface area contributed by atoms with Crippen molar-refractivity contribution >= 4 is 28.1 Å². The molecule has 0 bridgehead atoms. The number of nitrogens with one attached hydrogen (secondary N) is 2. The van der Waals surface area contributed by atoms with Crippen LogP contribution in [0.3, 0.4) is 0 Å². The summed E-state index contributed by atoms with van der Waals surface area (Å²) in [6.07, 6.45) is 0.751. The number of carbonyl (C=O) groups excluding carboxylic acids is 1. The standard InChI is InChI=1S/C21H21N3O/c1-2-19(17-10-4-3-5-11-17)23-24-21(25)15-22-20-14-8-12-16-9-6-7-13-18(16)20/h3-14,22H,2,15H2,1H3,(H,24,25)/b23-19+. The Kier molecular flexibility index (Phi) is 5.42. The van der Waals surface area contributed by atoms with Gasteiger partial charge < -0.3 is 5.32 Å². The fourth-order valence-electron chi connectivity index (χ4n) is 2.70. The first-order chi connectivity index (χ1) is 12.3. The van der Waals surface area contributed by atoms with Crippen molar-refractivity contribution in [2.24, 2.45) is 5.10 Å². The Bertz CT molecular complexity index is 883. The Labute approximate surface area is 147 Å². The second-order valence-electron chi connectivity index (χ2n) is 5.69. The van der Waals surface area contributed by atoms with Crippen LogP contribution in [0.4, 0.5) is 5.69 Å². The number of anilines is 1. The fourth-order valence-corrected chi connectivity index (χ4v) is 2.70. The van der Waals surface area contributed by atoms with E-state index in [-0.39, 0.29) is 12.5 Å². The van der Waals surface area contributed by atoms with Crippen LogP contribution in [0.25, 0.3) is 10.8 Å². The molecule has 0 aromatic heterocycles. The third kappa shape index (κ3) is 4.23. The number of rotatable bonds is 6. The molecule has 4 heteroatoms. The van der Waals surface area contributed by atoms with Crippen LogP contribution >= 0.6 is 0 Å². The summed E-state index contributed by atoms with van der Waals surface area (Å²) >= 11 is 0. The Morgan fingerprint density at radius 2 is 1.64 bits per heavy atom. The minimum atomic E-state index is -0.171. The zero-order chi connectivity index (χ0) is 17.5. The zero-order valence-electron chi connectivity index (χ0n) is 14.2. The van der Waals surface area contributed by atoms with Gasteiger partial charge in [0.25, 0.3) is 5.91 Å². The Morgan fingerprint density at radius 3 is 2.44 bits per heavy atom. The van der Waals surface area contributed by atoms with Gasteiger partial charge in [0, 0.05) is 11.1 Å². The highest BCUT2D eigenvalue weighted by atomic mass is 16.2. The molecule has 3 aromatic carbocycles. The molecule has 0 aliphatic heterocycles. The van der Waals surface area contributed by atoms with Crippen LogP contribution in [-0.4, -0.2) is 18.2 Å². The van der Waals surface area contributed by atoms with Gasteiger partial charge in [0.05, 0.1) is 12.3 Å². The van der Waals surface area contributed by atoms with Gasteiger partial charge in [-0.1, -0.05) is 73.7 Å². The molecule has 3 aromatic rings. The van der Waals surface area contributed by atoms with E-state index in [1.807, 2.05) is 67.6 Å². The quantitative estimate of drug-likeness (QED) is 0.526. The van der Waals surface area contributed by atoms with Gasteiger partial charge in [-0.25, -0.2) is 5.43 Å². The number of hydrazone groups is 1. The maximum absolute atomic E-state index is 12.1. The highest BCUT2D eigenvalue weighted by Gasteiger charge is 2.05. The number of benzene rings is 3. The molecule has 1 amide bonds. The SMILES string of the molecule is CC/C(=N\NC(=O)CNc1cccc2ccccc12)c1ccccc1. The van der Waals surface area contributed by atoms with E-state index in [1.165, 1.54) is 0 Å². The number of hydrogen-bond donors (Lipinski definition) is 2. The molecule has 0 saturated heterocycles. The minimum absolute atomic E-state index is 0.170. The van der Waals surface area contributed by atoms with Crippen LogP contribution in [-0.2, 0) is 4.79 Å². The monoisotopic (exact) mass is 331 g/mol. The molecule has 0 unspecified atom stereocenters. The van der Waals surface area contributed by atoms with Crippen molar-refractivity contribution in [2.75, 3.05) is 11.9 Å². The first-order valence-electron chi connectivity index (χ1n) is 8.40. The summed E-state index contributed by atoms with van der Waals surface area (Å²) in [4.78, 5) is 12.1. The van der Waals surface area contributed by atoms with Gasteiger partial charge in [-0.05, 0) is 23.4 Å². The van der Waals surface area contributed by atoms with E-state index in [1.54, 1.807) is 0 Å². The maximum Gasteiger partial charge on any atom is 0.259 e. The Balaban J connectivity index is 1.64. The molecule has 3 rings (SSSR count). The summed E-state index contributed by atoms with van der Waals surface area (Å²) in [6, 6.07) is 24.0. The highest BCUT2D eigenvalue weighted by Crippen LogP contribution is 2.22. The lowest BCUT2D eigenvalue weighted by Crippen LogP contribution is -2.27. The van der Waals surface area contributed by atoms with Crippen molar-refractivity contribution in [3.63, 3.8) is 0 Å². The highest BCUT2D eigenvalue weighted by molar-refractivity contribution is 6.01. The van der Waals surface area contributed by atoms with E-state index in [9.17, 15) is 4.79 Å². The van der Waals surface area contributed by atoms with Gasteiger partial charge in [0.1, 0.15) is 0 Å². The topological polar surface area (TPSA) is 53.5 Å². The van der Waals surface area contributed by atoms with Gasteiger partial charge in [0.15, 0.2) is 0 Å². The van der Waals surface area contributed by atoms with Gasteiger partial charge in [-0.15, -0.1) is 0 Å². The summed E-state index contributed by atoms with van der Waals surface area (Å²) < 4.78 is 0. The van der Waals surface area contributed by atoms with E-state index < -0.39 is 0 Å². The molecule has 0 aliphatic rings. The molecule has 0 spiro atoms. The van der Waals surface area contributed by atoms with Gasteiger partial charge in [-0.3, -0.25) is 4.79 Å². The normalized spacial score (nSPS) is 11.3. The largest absolute Gasteiger partial charge is 0.376 e. The average molecular weight is 331 g/mol. The van der Waals surface area contributed by atoms with E-state index in [0.29, 0.717) is 0 Å². The smallest absolute Gasteiger partial charge is 0.259 e. The van der Waals surface area contributed by atoms with Crippen molar-refractivity contribution in [1.82, 2.24) is 5.43 Å². The van der Waals surface area contributed by atoms with E-state index in [4.69, 9.17) is 0 Å². The summed E-state index contributed by atoms with van der Waals surface area (Å²) in [5, 5.41) is 9.69. The molecule has 25 heavy (non-hydrogen) atoms. The van der Waals surface area contributed by atoms with Crippen LogP contribution in [0.2, 0.25) is 0 Å². The molecular formula is C21H21N3O. The Morgan fingerprint density at radius 1 is 0.920 bits per heavy atom. The predicted octanol–water partition coefficient (Wildman–Crippen LogP) is 4.18. The molecule has 0 radical (unpaired) electrons. The third-order valence-corrected chi connectivity index (χ3v) is 3.99. The number of amides is 1. The van der Waals surface area contributed by atoms with Gasteiger partial charge >= 0.3 is 0 Å². The van der Waals surface area contributed by atoms with Crippen molar-refractivity contribution in [3.05, 3.63) is 78.4 Å². The molecule has 0 fully saturated rings. The number of hydrogen-bond acceptors (Lipinski definition) is 3. The minimum Gasteiger partial charge on any atom is -0.376 e. The van der Waals surface area contributed by atoms with Crippen LogP contribution in [0, 0.1) is 0 Å². The van der Waals surface area contributed by atoms with Crippen LogP contribution in [0.5, 0.6) is 0 Å².